The smallest absolute Gasteiger partial charge is 0.399 e. The molecule has 4 heteroatoms. The van der Waals surface area contributed by atoms with Crippen LogP contribution in [0.5, 0.6) is 11.8 Å². The van der Waals surface area contributed by atoms with Gasteiger partial charge in [0.25, 0.3) is 0 Å². The molecule has 0 atom stereocenters. The van der Waals surface area contributed by atoms with E-state index in [1.54, 1.807) is 6.26 Å². The number of para-hydroxylation sites is 1. The fraction of sp³-hybridized carbons (Fsp3) is 0.438. The topological polar surface area (TPSA) is 47.3 Å². The van der Waals surface area contributed by atoms with E-state index >= 15 is 0 Å². The number of rotatable bonds is 6. The quantitative estimate of drug-likeness (QED) is 0.867. The molecule has 1 heterocycles. The molecule has 1 fully saturated rings. The lowest BCUT2D eigenvalue weighted by Crippen LogP contribution is -2.15. The van der Waals surface area contributed by atoms with Crippen LogP contribution in [0, 0.1) is 0 Å². The lowest BCUT2D eigenvalue weighted by Gasteiger charge is -2.10. The van der Waals surface area contributed by atoms with Gasteiger partial charge in [0.1, 0.15) is 12.0 Å². The van der Waals surface area contributed by atoms with Crippen molar-refractivity contribution in [3.05, 3.63) is 41.8 Å². The summed E-state index contributed by atoms with van der Waals surface area (Å²) in [5.74, 6) is 1.21. The first-order chi connectivity index (χ1) is 9.72. The Morgan fingerprint density at radius 3 is 2.90 bits per heavy atom. The largest absolute Gasteiger partial charge is 0.417 e. The number of benzene rings is 1. The predicted molar refractivity (Wildman–Crippen MR) is 77.0 cm³/mol. The van der Waals surface area contributed by atoms with Gasteiger partial charge in [-0.25, -0.2) is 0 Å². The zero-order valence-electron chi connectivity index (χ0n) is 11.9. The molecule has 0 saturated heterocycles. The fourth-order valence-electron chi connectivity index (χ4n) is 2.10. The molecule has 106 valence electrons. The molecule has 3 rings (SSSR count). The Labute approximate surface area is 119 Å². The summed E-state index contributed by atoms with van der Waals surface area (Å²) in [5, 5.41) is 3.40. The van der Waals surface area contributed by atoms with Crippen LogP contribution in [0.2, 0.25) is 0 Å². The minimum Gasteiger partial charge on any atom is -0.417 e. The Kier molecular flexibility index (Phi) is 3.74. The third kappa shape index (κ3) is 3.20. The van der Waals surface area contributed by atoms with Crippen LogP contribution < -0.4 is 10.1 Å². The minimum atomic E-state index is 0.311. The van der Waals surface area contributed by atoms with E-state index in [1.807, 2.05) is 18.2 Å². The molecule has 0 unspecified atom stereocenters. The normalized spacial score (nSPS) is 14.8. The zero-order chi connectivity index (χ0) is 13.9. The summed E-state index contributed by atoms with van der Waals surface area (Å²) in [7, 11) is 0. The van der Waals surface area contributed by atoms with Crippen LogP contribution in [0.15, 0.2) is 34.9 Å². The fourth-order valence-corrected chi connectivity index (χ4v) is 2.10. The Balaban J connectivity index is 1.67. The summed E-state index contributed by atoms with van der Waals surface area (Å²) in [4.78, 5) is 4.35. The summed E-state index contributed by atoms with van der Waals surface area (Å²) in [6.45, 7) is 5.02. The molecule has 1 aliphatic carbocycles. The average molecular weight is 272 g/mol. The van der Waals surface area contributed by atoms with Crippen LogP contribution in [0.1, 0.15) is 43.9 Å². The third-order valence-corrected chi connectivity index (χ3v) is 3.42. The highest BCUT2D eigenvalue weighted by atomic mass is 16.6. The second-order valence-electron chi connectivity index (χ2n) is 5.55. The SMILES string of the molecule is CC(C)c1ccccc1Oc1nc(CNC2CC2)co1. The van der Waals surface area contributed by atoms with Gasteiger partial charge in [-0.3, -0.25) is 0 Å². The van der Waals surface area contributed by atoms with Gasteiger partial charge in [0.2, 0.25) is 0 Å². The molecule has 1 aliphatic rings. The highest BCUT2D eigenvalue weighted by molar-refractivity contribution is 5.37. The van der Waals surface area contributed by atoms with Crippen molar-refractivity contribution in [2.24, 2.45) is 0 Å². The third-order valence-electron chi connectivity index (χ3n) is 3.42. The van der Waals surface area contributed by atoms with Crippen LogP contribution in [0.3, 0.4) is 0 Å². The number of nitrogens with zero attached hydrogens (tertiary/aromatic N) is 1. The first kappa shape index (κ1) is 13.2. The van der Waals surface area contributed by atoms with Crippen molar-refractivity contribution in [2.75, 3.05) is 0 Å². The van der Waals surface area contributed by atoms with Crippen LogP contribution in [-0.2, 0) is 6.54 Å². The summed E-state index contributed by atoms with van der Waals surface area (Å²) in [6.07, 6.45) is 4.50. The van der Waals surface area contributed by atoms with Gasteiger partial charge < -0.3 is 14.5 Å². The van der Waals surface area contributed by atoms with E-state index in [9.17, 15) is 0 Å². The average Bonchev–Trinajstić information content (AvgIpc) is 3.17. The van der Waals surface area contributed by atoms with Crippen molar-refractivity contribution in [2.45, 2.75) is 45.2 Å². The van der Waals surface area contributed by atoms with Crippen molar-refractivity contribution in [3.8, 4) is 11.8 Å². The van der Waals surface area contributed by atoms with E-state index in [2.05, 4.69) is 30.2 Å². The number of oxazole rings is 1. The molecule has 1 N–H and O–H groups in total. The summed E-state index contributed by atoms with van der Waals surface area (Å²) in [5.41, 5.74) is 2.04. The van der Waals surface area contributed by atoms with Gasteiger partial charge in [-0.05, 0) is 30.4 Å². The van der Waals surface area contributed by atoms with Crippen molar-refractivity contribution >= 4 is 0 Å². The monoisotopic (exact) mass is 272 g/mol. The van der Waals surface area contributed by atoms with Crippen LogP contribution >= 0.6 is 0 Å². The summed E-state index contributed by atoms with van der Waals surface area (Å²) in [6, 6.07) is 8.65. The van der Waals surface area contributed by atoms with Gasteiger partial charge in [-0.2, -0.15) is 4.98 Å². The zero-order valence-corrected chi connectivity index (χ0v) is 11.9. The molecule has 20 heavy (non-hydrogen) atoms. The number of hydrogen-bond donors (Lipinski definition) is 1. The second-order valence-corrected chi connectivity index (χ2v) is 5.55. The maximum Gasteiger partial charge on any atom is 0.399 e. The lowest BCUT2D eigenvalue weighted by atomic mass is 10.0. The van der Waals surface area contributed by atoms with Crippen LogP contribution in [0.25, 0.3) is 0 Å². The molecule has 2 aromatic rings. The first-order valence-corrected chi connectivity index (χ1v) is 7.17. The van der Waals surface area contributed by atoms with E-state index in [0.717, 1.165) is 23.6 Å². The van der Waals surface area contributed by atoms with Gasteiger partial charge in [-0.15, -0.1) is 0 Å². The highest BCUT2D eigenvalue weighted by Crippen LogP contribution is 2.30. The van der Waals surface area contributed by atoms with E-state index in [1.165, 1.54) is 12.8 Å². The molecule has 0 spiro atoms. The summed E-state index contributed by atoms with van der Waals surface area (Å²) < 4.78 is 11.2. The molecule has 4 nitrogen and oxygen atoms in total. The van der Waals surface area contributed by atoms with Crippen molar-refractivity contribution in [1.29, 1.82) is 0 Å². The van der Waals surface area contributed by atoms with Crippen molar-refractivity contribution in [3.63, 3.8) is 0 Å². The Morgan fingerprint density at radius 2 is 2.15 bits per heavy atom. The Hall–Kier alpha value is -1.81. The Bertz CT molecular complexity index is 573. The standard InChI is InChI=1S/C16H20N2O2/c1-11(2)14-5-3-4-6-15(14)20-16-18-13(10-19-16)9-17-12-7-8-12/h3-6,10-12,17H,7-9H2,1-2H3. The second kappa shape index (κ2) is 5.67. The van der Waals surface area contributed by atoms with Crippen LogP contribution in [-0.4, -0.2) is 11.0 Å². The van der Waals surface area contributed by atoms with Gasteiger partial charge in [0, 0.05) is 12.6 Å². The maximum absolute atomic E-state index is 5.77. The van der Waals surface area contributed by atoms with Gasteiger partial charge in [0.05, 0.1) is 5.69 Å². The Morgan fingerprint density at radius 1 is 1.35 bits per heavy atom. The number of hydrogen-bond acceptors (Lipinski definition) is 4. The predicted octanol–water partition coefficient (Wildman–Crippen LogP) is 3.84. The molecular formula is C16H20N2O2. The molecule has 1 aromatic carbocycles. The van der Waals surface area contributed by atoms with E-state index in [4.69, 9.17) is 9.15 Å². The first-order valence-electron chi connectivity index (χ1n) is 7.17. The van der Waals surface area contributed by atoms with Gasteiger partial charge in [0.15, 0.2) is 0 Å². The van der Waals surface area contributed by atoms with E-state index < -0.39 is 0 Å². The molecular weight excluding hydrogens is 252 g/mol. The van der Waals surface area contributed by atoms with Crippen molar-refractivity contribution < 1.29 is 9.15 Å². The van der Waals surface area contributed by atoms with E-state index in [-0.39, 0.29) is 0 Å². The maximum atomic E-state index is 5.77. The molecule has 1 saturated carbocycles. The molecule has 0 aliphatic heterocycles. The number of ether oxygens (including phenoxy) is 1. The molecule has 0 amide bonds. The van der Waals surface area contributed by atoms with Crippen LogP contribution in [0.4, 0.5) is 0 Å². The molecule has 0 bridgehead atoms. The minimum absolute atomic E-state index is 0.311. The summed E-state index contributed by atoms with van der Waals surface area (Å²) >= 11 is 0. The van der Waals surface area contributed by atoms with Gasteiger partial charge in [-0.1, -0.05) is 32.0 Å². The van der Waals surface area contributed by atoms with Crippen molar-refractivity contribution in [1.82, 2.24) is 10.3 Å². The highest BCUT2D eigenvalue weighted by Gasteiger charge is 2.20. The number of nitrogens with one attached hydrogen (secondary N) is 1. The lowest BCUT2D eigenvalue weighted by molar-refractivity contribution is 0.327. The molecule has 0 radical (unpaired) electrons. The van der Waals surface area contributed by atoms with Gasteiger partial charge >= 0.3 is 6.08 Å². The van der Waals surface area contributed by atoms with E-state index in [0.29, 0.717) is 18.0 Å². The molecule has 1 aromatic heterocycles. The number of aromatic nitrogens is 1.